The van der Waals surface area contributed by atoms with Gasteiger partial charge >= 0.3 is 0 Å². The third-order valence-corrected chi connectivity index (χ3v) is 2.83. The van der Waals surface area contributed by atoms with Crippen LogP contribution in [0.2, 0.25) is 0 Å². The molecule has 0 radical (unpaired) electrons. The molecule has 0 saturated carbocycles. The molecule has 0 atom stereocenters. The topological polar surface area (TPSA) is 17.1 Å². The van der Waals surface area contributed by atoms with Gasteiger partial charge in [0.05, 0.1) is 4.91 Å². The average molecular weight is 213 g/mol. The van der Waals surface area contributed by atoms with Crippen LogP contribution in [0.15, 0.2) is 35.7 Å². The van der Waals surface area contributed by atoms with Crippen molar-refractivity contribution in [1.29, 1.82) is 0 Å². The van der Waals surface area contributed by atoms with Crippen molar-refractivity contribution < 1.29 is 4.21 Å². The quantitative estimate of drug-likeness (QED) is 0.590. The minimum Gasteiger partial charge on any atom is -0.138 e. The summed E-state index contributed by atoms with van der Waals surface area (Å²) in [6.07, 6.45) is 3.40. The molecule has 1 nitrogen and oxygen atoms in total. The fourth-order valence-electron chi connectivity index (χ4n) is 0.946. The van der Waals surface area contributed by atoms with Crippen LogP contribution in [-0.2, 0) is 14.1 Å². The molecular weight excluding hydrogens is 200 g/mol. The first-order chi connectivity index (χ1) is 5.99. The molecule has 0 aliphatic rings. The van der Waals surface area contributed by atoms with Crippen LogP contribution in [0.5, 0.6) is 0 Å². The number of hydrogen-bond acceptors (Lipinski definition) is 2. The highest BCUT2D eigenvalue weighted by molar-refractivity contribution is 8.05. The SMILES string of the molecule is C[S+](C)(=O)/C=C(\S)c1ccccc1. The lowest BCUT2D eigenvalue weighted by Crippen LogP contribution is -1.98. The van der Waals surface area contributed by atoms with Gasteiger partial charge in [-0.1, -0.05) is 30.3 Å². The van der Waals surface area contributed by atoms with Crippen molar-refractivity contribution in [3.05, 3.63) is 41.3 Å². The maximum absolute atomic E-state index is 11.4. The summed E-state index contributed by atoms with van der Waals surface area (Å²) in [7, 11) is -1.86. The molecule has 0 fully saturated rings. The van der Waals surface area contributed by atoms with Crippen molar-refractivity contribution in [2.45, 2.75) is 0 Å². The Hall–Kier alpha value is -0.540. The zero-order chi connectivity index (χ0) is 9.90. The van der Waals surface area contributed by atoms with Crippen LogP contribution in [0, 0.1) is 0 Å². The van der Waals surface area contributed by atoms with E-state index in [-0.39, 0.29) is 0 Å². The summed E-state index contributed by atoms with van der Waals surface area (Å²) >= 11 is 4.30. The third-order valence-electron chi connectivity index (χ3n) is 1.47. The molecule has 3 heteroatoms. The second-order valence-corrected chi connectivity index (χ2v) is 6.51. The fourth-order valence-corrected chi connectivity index (χ4v) is 2.53. The van der Waals surface area contributed by atoms with Crippen molar-refractivity contribution in [2.24, 2.45) is 0 Å². The Morgan fingerprint density at radius 1 is 1.31 bits per heavy atom. The minimum atomic E-state index is -1.86. The molecule has 0 aliphatic heterocycles. The molecule has 0 heterocycles. The third kappa shape index (κ3) is 3.79. The Kier molecular flexibility index (Phi) is 3.33. The monoisotopic (exact) mass is 213 g/mol. The molecule has 1 aromatic carbocycles. The van der Waals surface area contributed by atoms with E-state index in [9.17, 15) is 4.21 Å². The lowest BCUT2D eigenvalue weighted by Gasteiger charge is -1.98. The number of hydrogen-bond donors (Lipinski definition) is 1. The summed E-state index contributed by atoms with van der Waals surface area (Å²) in [6, 6.07) is 9.72. The van der Waals surface area contributed by atoms with Crippen LogP contribution >= 0.6 is 12.6 Å². The van der Waals surface area contributed by atoms with Gasteiger partial charge in [-0.25, -0.2) is 0 Å². The highest BCUT2D eigenvalue weighted by Crippen LogP contribution is 2.19. The maximum Gasteiger partial charge on any atom is 0.135 e. The van der Waals surface area contributed by atoms with Gasteiger partial charge in [-0.15, -0.1) is 16.8 Å². The molecular formula is C10H13OS2+. The minimum absolute atomic E-state index is 0.774. The van der Waals surface area contributed by atoms with Crippen molar-refractivity contribution in [1.82, 2.24) is 0 Å². The normalized spacial score (nSPS) is 13.0. The second-order valence-electron chi connectivity index (χ2n) is 3.18. The summed E-state index contributed by atoms with van der Waals surface area (Å²) in [4.78, 5) is 0.774. The van der Waals surface area contributed by atoms with Crippen LogP contribution in [0.1, 0.15) is 5.56 Å². The Morgan fingerprint density at radius 3 is 2.31 bits per heavy atom. The van der Waals surface area contributed by atoms with E-state index in [0.717, 1.165) is 10.5 Å². The summed E-state index contributed by atoms with van der Waals surface area (Å²) in [5, 5.41) is 1.70. The lowest BCUT2D eigenvalue weighted by molar-refractivity contribution is 0.596. The first-order valence-corrected chi connectivity index (χ1v) is 6.78. The van der Waals surface area contributed by atoms with Gasteiger partial charge in [0, 0.05) is 0 Å². The molecule has 0 saturated heterocycles. The summed E-state index contributed by atoms with van der Waals surface area (Å²) in [5.74, 6) is 0. The van der Waals surface area contributed by atoms with Crippen molar-refractivity contribution in [3.8, 4) is 0 Å². The highest BCUT2D eigenvalue weighted by Gasteiger charge is 2.09. The number of rotatable bonds is 2. The van der Waals surface area contributed by atoms with Gasteiger partial charge < -0.3 is 0 Å². The summed E-state index contributed by atoms with van der Waals surface area (Å²) < 4.78 is 11.4. The predicted octanol–water partition coefficient (Wildman–Crippen LogP) is 2.67. The Morgan fingerprint density at radius 2 is 1.85 bits per heavy atom. The van der Waals surface area contributed by atoms with E-state index in [1.54, 1.807) is 17.9 Å². The molecule has 0 aliphatic carbocycles. The molecule has 0 N–H and O–H groups in total. The number of benzene rings is 1. The first kappa shape index (κ1) is 10.5. The first-order valence-electron chi connectivity index (χ1n) is 3.89. The molecule has 13 heavy (non-hydrogen) atoms. The molecule has 0 bridgehead atoms. The van der Waals surface area contributed by atoms with Crippen molar-refractivity contribution in [2.75, 3.05) is 12.5 Å². The van der Waals surface area contributed by atoms with E-state index >= 15 is 0 Å². The van der Waals surface area contributed by atoms with Crippen LogP contribution < -0.4 is 0 Å². The van der Waals surface area contributed by atoms with Gasteiger partial charge in [-0.2, -0.15) is 0 Å². The fraction of sp³-hybridized carbons (Fsp3) is 0.200. The van der Waals surface area contributed by atoms with Gasteiger partial charge in [-0.3, -0.25) is 0 Å². The Bertz CT molecular complexity index is 348. The molecule has 0 aromatic heterocycles. The van der Waals surface area contributed by atoms with Crippen LogP contribution in [-0.4, -0.2) is 12.5 Å². The van der Waals surface area contributed by atoms with Crippen LogP contribution in [0.25, 0.3) is 4.91 Å². The van der Waals surface area contributed by atoms with Crippen LogP contribution in [0.4, 0.5) is 0 Å². The Balaban J connectivity index is 2.99. The predicted molar refractivity (Wildman–Crippen MR) is 63.3 cm³/mol. The number of thiol groups is 1. The molecule has 0 amide bonds. The smallest absolute Gasteiger partial charge is 0.135 e. The van der Waals surface area contributed by atoms with Crippen molar-refractivity contribution >= 4 is 27.5 Å². The average Bonchev–Trinajstić information content (AvgIpc) is 2.03. The van der Waals surface area contributed by atoms with Gasteiger partial charge in [0.2, 0.25) is 0 Å². The highest BCUT2D eigenvalue weighted by atomic mass is 32.2. The summed E-state index contributed by atoms with van der Waals surface area (Å²) in [5.41, 5.74) is 1.00. The standard InChI is InChI=1S/C10H12OS2/c1-13(2,11)8-10(12)9-6-4-3-5-7-9/h3-8H,1-2H3/p+1. The lowest BCUT2D eigenvalue weighted by atomic mass is 10.2. The van der Waals surface area contributed by atoms with Crippen molar-refractivity contribution in [3.63, 3.8) is 0 Å². The van der Waals surface area contributed by atoms with Gasteiger partial charge in [-0.05, 0) is 5.56 Å². The molecule has 1 aromatic rings. The van der Waals surface area contributed by atoms with E-state index in [1.807, 2.05) is 30.3 Å². The molecule has 0 unspecified atom stereocenters. The van der Waals surface area contributed by atoms with Crippen LogP contribution in [0.3, 0.4) is 0 Å². The van der Waals surface area contributed by atoms with E-state index < -0.39 is 9.93 Å². The van der Waals surface area contributed by atoms with Gasteiger partial charge in [0.1, 0.15) is 27.9 Å². The van der Waals surface area contributed by atoms with Gasteiger partial charge in [0.25, 0.3) is 0 Å². The zero-order valence-corrected chi connectivity index (χ0v) is 9.44. The molecule has 1 rings (SSSR count). The maximum atomic E-state index is 11.4. The molecule has 0 spiro atoms. The van der Waals surface area contributed by atoms with E-state index in [1.165, 1.54) is 0 Å². The molecule has 70 valence electrons. The Labute approximate surface area is 85.7 Å². The van der Waals surface area contributed by atoms with Gasteiger partial charge in [0.15, 0.2) is 0 Å². The van der Waals surface area contributed by atoms with E-state index in [4.69, 9.17) is 0 Å². The summed E-state index contributed by atoms with van der Waals surface area (Å²) in [6.45, 7) is 0. The largest absolute Gasteiger partial charge is 0.138 e. The second kappa shape index (κ2) is 4.11. The zero-order valence-electron chi connectivity index (χ0n) is 7.73. The van der Waals surface area contributed by atoms with E-state index in [0.29, 0.717) is 0 Å². The van der Waals surface area contributed by atoms with E-state index in [2.05, 4.69) is 12.6 Å².